The zero-order valence-corrected chi connectivity index (χ0v) is 14.3. The molecule has 0 aliphatic carbocycles. The Kier molecular flexibility index (Phi) is 4.47. The lowest BCUT2D eigenvalue weighted by molar-refractivity contribution is 0.0766. The molecule has 1 aliphatic rings. The first-order valence-corrected chi connectivity index (χ1v) is 8.52. The van der Waals surface area contributed by atoms with Crippen molar-refractivity contribution in [2.75, 3.05) is 36.8 Å². The first-order valence-electron chi connectivity index (χ1n) is 7.75. The Morgan fingerprint density at radius 3 is 2.78 bits per heavy atom. The Balaban J connectivity index is 1.72. The maximum absolute atomic E-state index is 12.8. The molecule has 1 fully saturated rings. The van der Waals surface area contributed by atoms with E-state index >= 15 is 0 Å². The maximum Gasteiger partial charge on any atom is 0.254 e. The zero-order valence-electron chi connectivity index (χ0n) is 13.5. The number of carbonyl (C=O) groups excluding carboxylic acids is 1. The van der Waals surface area contributed by atoms with E-state index in [1.807, 2.05) is 30.9 Å². The number of amides is 1. The van der Waals surface area contributed by atoms with Crippen LogP contribution in [0.3, 0.4) is 0 Å². The summed E-state index contributed by atoms with van der Waals surface area (Å²) in [4.78, 5) is 21.4. The molecule has 0 radical (unpaired) electrons. The minimum Gasteiger partial charge on any atom is -0.399 e. The van der Waals surface area contributed by atoms with E-state index < -0.39 is 0 Å². The van der Waals surface area contributed by atoms with Crippen LogP contribution in [-0.4, -0.2) is 46.3 Å². The fourth-order valence-electron chi connectivity index (χ4n) is 2.77. The molecule has 0 atom stereocenters. The molecule has 23 heavy (non-hydrogen) atoms. The van der Waals surface area contributed by atoms with Gasteiger partial charge in [0.25, 0.3) is 5.91 Å². The molecule has 0 spiro atoms. The highest BCUT2D eigenvalue weighted by Crippen LogP contribution is 2.20. The molecule has 1 aromatic carbocycles. The number of hydrogen-bond acceptors (Lipinski definition) is 6. The Labute approximate surface area is 140 Å². The molecule has 3 rings (SSSR count). The van der Waals surface area contributed by atoms with Crippen molar-refractivity contribution in [3.8, 4) is 0 Å². The lowest BCUT2D eigenvalue weighted by atomic mass is 10.1. The zero-order chi connectivity index (χ0) is 16.4. The van der Waals surface area contributed by atoms with Gasteiger partial charge >= 0.3 is 0 Å². The van der Waals surface area contributed by atoms with Gasteiger partial charge in [0.2, 0.25) is 5.13 Å². The summed E-state index contributed by atoms with van der Waals surface area (Å²) in [5.41, 5.74) is 8.12. The number of carbonyl (C=O) groups is 1. The first-order chi connectivity index (χ1) is 11.0. The second kappa shape index (κ2) is 6.54. The Morgan fingerprint density at radius 2 is 2.04 bits per heavy atom. The van der Waals surface area contributed by atoms with Gasteiger partial charge in [-0.3, -0.25) is 4.79 Å². The van der Waals surface area contributed by atoms with Crippen molar-refractivity contribution in [3.05, 3.63) is 35.2 Å². The topological polar surface area (TPSA) is 75.4 Å². The second-order valence-corrected chi connectivity index (χ2v) is 6.56. The number of anilines is 2. The van der Waals surface area contributed by atoms with Gasteiger partial charge in [0.15, 0.2) is 0 Å². The van der Waals surface area contributed by atoms with Crippen LogP contribution >= 0.6 is 11.5 Å². The molecule has 6 nitrogen and oxygen atoms in total. The standard InChI is InChI=1S/C16H21N5OS/c1-11-4-5-13(17)10-14(11)15(22)20-6-3-7-21(9-8-20)16-18-12(2)19-23-16/h4-5,10H,3,6-9,17H2,1-2H3. The number of hydrogen-bond donors (Lipinski definition) is 1. The lowest BCUT2D eigenvalue weighted by Gasteiger charge is -2.22. The second-order valence-electron chi connectivity index (χ2n) is 5.83. The molecule has 0 saturated carbocycles. The minimum atomic E-state index is 0.0603. The number of aryl methyl sites for hydroxylation is 2. The molecule has 7 heteroatoms. The van der Waals surface area contributed by atoms with E-state index in [-0.39, 0.29) is 5.91 Å². The molecular formula is C16H21N5OS. The van der Waals surface area contributed by atoms with Crippen molar-refractivity contribution >= 4 is 28.3 Å². The van der Waals surface area contributed by atoms with Crippen LogP contribution in [0.4, 0.5) is 10.8 Å². The summed E-state index contributed by atoms with van der Waals surface area (Å²) in [6.07, 6.45) is 0.922. The summed E-state index contributed by atoms with van der Waals surface area (Å²) >= 11 is 1.42. The van der Waals surface area contributed by atoms with E-state index in [2.05, 4.69) is 14.3 Å². The number of aromatic nitrogens is 2. The van der Waals surface area contributed by atoms with Crippen molar-refractivity contribution < 1.29 is 4.79 Å². The van der Waals surface area contributed by atoms with E-state index in [0.29, 0.717) is 17.8 Å². The monoisotopic (exact) mass is 331 g/mol. The normalized spacial score (nSPS) is 15.6. The fourth-order valence-corrected chi connectivity index (χ4v) is 3.49. The average molecular weight is 331 g/mol. The highest BCUT2D eigenvalue weighted by Gasteiger charge is 2.23. The van der Waals surface area contributed by atoms with Crippen LogP contribution in [0.25, 0.3) is 0 Å². The van der Waals surface area contributed by atoms with Gasteiger partial charge in [-0.05, 0) is 38.0 Å². The fraction of sp³-hybridized carbons (Fsp3) is 0.438. The van der Waals surface area contributed by atoms with Gasteiger partial charge in [-0.2, -0.15) is 4.37 Å². The Morgan fingerprint density at radius 1 is 1.22 bits per heavy atom. The third-order valence-electron chi connectivity index (χ3n) is 4.06. The van der Waals surface area contributed by atoms with Gasteiger partial charge in [0, 0.05) is 49.0 Å². The number of nitrogens with zero attached hydrogens (tertiary/aromatic N) is 4. The maximum atomic E-state index is 12.8. The summed E-state index contributed by atoms with van der Waals surface area (Å²) in [7, 11) is 0. The molecule has 0 unspecified atom stereocenters. The number of benzene rings is 1. The van der Waals surface area contributed by atoms with E-state index in [0.717, 1.165) is 42.6 Å². The molecule has 2 aromatic rings. The molecule has 1 aromatic heterocycles. The molecule has 2 heterocycles. The predicted molar refractivity (Wildman–Crippen MR) is 93.0 cm³/mol. The first kappa shape index (κ1) is 15.7. The van der Waals surface area contributed by atoms with Crippen LogP contribution in [0.5, 0.6) is 0 Å². The predicted octanol–water partition coefficient (Wildman–Crippen LogP) is 2.09. The van der Waals surface area contributed by atoms with Crippen LogP contribution in [0.2, 0.25) is 0 Å². The average Bonchev–Trinajstić information content (AvgIpc) is 2.82. The molecule has 2 N–H and O–H groups in total. The molecule has 1 saturated heterocycles. The van der Waals surface area contributed by atoms with E-state index in [1.54, 1.807) is 6.07 Å². The van der Waals surface area contributed by atoms with Crippen LogP contribution in [0.15, 0.2) is 18.2 Å². The van der Waals surface area contributed by atoms with Gasteiger partial charge in [-0.15, -0.1) is 0 Å². The molecule has 1 aliphatic heterocycles. The lowest BCUT2D eigenvalue weighted by Crippen LogP contribution is -2.35. The largest absolute Gasteiger partial charge is 0.399 e. The van der Waals surface area contributed by atoms with Crippen molar-refractivity contribution in [2.24, 2.45) is 0 Å². The molecule has 122 valence electrons. The summed E-state index contributed by atoms with van der Waals surface area (Å²) in [5.74, 6) is 0.864. The van der Waals surface area contributed by atoms with E-state index in [9.17, 15) is 4.79 Å². The highest BCUT2D eigenvalue weighted by molar-refractivity contribution is 7.09. The summed E-state index contributed by atoms with van der Waals surface area (Å²) in [6.45, 7) is 6.96. The highest BCUT2D eigenvalue weighted by atomic mass is 32.1. The van der Waals surface area contributed by atoms with Crippen molar-refractivity contribution in [1.29, 1.82) is 0 Å². The Hall–Kier alpha value is -2.15. The van der Waals surface area contributed by atoms with Gasteiger partial charge in [-0.25, -0.2) is 4.98 Å². The summed E-state index contributed by atoms with van der Waals surface area (Å²) in [6, 6.07) is 5.50. The van der Waals surface area contributed by atoms with E-state index in [4.69, 9.17) is 5.73 Å². The number of rotatable bonds is 2. The van der Waals surface area contributed by atoms with Crippen LogP contribution in [-0.2, 0) is 0 Å². The number of nitrogens with two attached hydrogens (primary N) is 1. The van der Waals surface area contributed by atoms with Crippen molar-refractivity contribution in [2.45, 2.75) is 20.3 Å². The summed E-state index contributed by atoms with van der Waals surface area (Å²) < 4.78 is 4.24. The molecule has 0 bridgehead atoms. The smallest absolute Gasteiger partial charge is 0.254 e. The van der Waals surface area contributed by atoms with Crippen LogP contribution in [0.1, 0.15) is 28.2 Å². The Bertz CT molecular complexity index is 714. The van der Waals surface area contributed by atoms with E-state index in [1.165, 1.54) is 11.5 Å². The third kappa shape index (κ3) is 3.44. The van der Waals surface area contributed by atoms with Crippen LogP contribution < -0.4 is 10.6 Å². The van der Waals surface area contributed by atoms with Gasteiger partial charge in [0.1, 0.15) is 5.82 Å². The molecular weight excluding hydrogens is 310 g/mol. The third-order valence-corrected chi connectivity index (χ3v) is 4.93. The van der Waals surface area contributed by atoms with Crippen molar-refractivity contribution in [1.82, 2.24) is 14.3 Å². The minimum absolute atomic E-state index is 0.0603. The van der Waals surface area contributed by atoms with Gasteiger partial charge < -0.3 is 15.5 Å². The van der Waals surface area contributed by atoms with Crippen molar-refractivity contribution in [3.63, 3.8) is 0 Å². The van der Waals surface area contributed by atoms with Crippen LogP contribution in [0, 0.1) is 13.8 Å². The SMILES string of the molecule is Cc1nsc(N2CCCN(C(=O)c3cc(N)ccc3C)CC2)n1. The number of nitrogen functional groups attached to an aromatic ring is 1. The summed E-state index contributed by atoms with van der Waals surface area (Å²) in [5, 5.41) is 0.942. The quantitative estimate of drug-likeness (QED) is 0.853. The van der Waals surface area contributed by atoms with Gasteiger partial charge in [0.05, 0.1) is 0 Å². The molecule has 1 amide bonds. The van der Waals surface area contributed by atoms with Gasteiger partial charge in [-0.1, -0.05) is 6.07 Å².